The van der Waals surface area contributed by atoms with Crippen LogP contribution in [-0.4, -0.2) is 46.5 Å². The van der Waals surface area contributed by atoms with Gasteiger partial charge in [-0.25, -0.2) is 4.99 Å². The topological polar surface area (TPSA) is 92.1 Å². The van der Waals surface area contributed by atoms with Gasteiger partial charge in [0.05, 0.1) is 6.04 Å². The van der Waals surface area contributed by atoms with Gasteiger partial charge in [0, 0.05) is 5.04 Å². The van der Waals surface area contributed by atoms with E-state index in [1.807, 2.05) is 0 Å². The third-order valence-electron chi connectivity index (χ3n) is 4.98. The molecule has 0 heterocycles. The van der Waals surface area contributed by atoms with E-state index in [-0.39, 0.29) is 17.0 Å². The molecule has 27 heavy (non-hydrogen) atoms. The molecule has 0 aliphatic carbocycles. The van der Waals surface area contributed by atoms with Gasteiger partial charge in [-0.15, -0.1) is 0 Å². The first-order valence-electron chi connectivity index (χ1n) is 9.88. The maximum atomic E-state index is 6.90. The molecular formula is C17H44N3O3Si4. The van der Waals surface area contributed by atoms with Crippen LogP contribution >= 0.6 is 0 Å². The van der Waals surface area contributed by atoms with Crippen molar-refractivity contribution in [2.24, 2.45) is 16.5 Å². The second kappa shape index (κ2) is 9.68. The smallest absolute Gasteiger partial charge is 0.415 e. The molecule has 0 rings (SSSR count). The SMILES string of the molecule is CCC(N=C(N)N)C(C)(C)[Si](C)(O[Si](O[Si](C)(C)C)O[Si](C)(C)C)C(C)C. The van der Waals surface area contributed by atoms with Crippen LogP contribution in [-0.2, 0) is 12.3 Å². The molecule has 0 amide bonds. The Morgan fingerprint density at radius 2 is 1.33 bits per heavy atom. The van der Waals surface area contributed by atoms with E-state index in [0.29, 0.717) is 5.54 Å². The number of rotatable bonds is 11. The van der Waals surface area contributed by atoms with Crippen molar-refractivity contribution in [3.8, 4) is 0 Å². The fourth-order valence-corrected chi connectivity index (χ4v) is 14.4. The highest BCUT2D eigenvalue weighted by atomic mass is 28.5. The maximum Gasteiger partial charge on any atom is 0.544 e. The molecule has 2 unspecified atom stereocenters. The van der Waals surface area contributed by atoms with Crippen molar-refractivity contribution in [1.29, 1.82) is 0 Å². The molecular weight excluding hydrogens is 407 g/mol. The molecule has 0 aliphatic heterocycles. The summed E-state index contributed by atoms with van der Waals surface area (Å²) in [6, 6.07) is 0.00331. The number of hydrogen-bond acceptors (Lipinski definition) is 4. The number of nitrogens with zero attached hydrogens (tertiary/aromatic N) is 1. The van der Waals surface area contributed by atoms with Gasteiger partial charge in [0.15, 0.2) is 30.9 Å². The van der Waals surface area contributed by atoms with Crippen LogP contribution in [0.4, 0.5) is 0 Å². The summed E-state index contributed by atoms with van der Waals surface area (Å²) in [7, 11) is -7.79. The molecule has 0 saturated carbocycles. The minimum Gasteiger partial charge on any atom is -0.415 e. The van der Waals surface area contributed by atoms with Gasteiger partial charge in [0.1, 0.15) is 0 Å². The third-order valence-corrected chi connectivity index (χ3v) is 18.7. The highest BCUT2D eigenvalue weighted by Gasteiger charge is 2.54. The van der Waals surface area contributed by atoms with Crippen molar-refractivity contribution in [2.45, 2.75) is 103 Å². The van der Waals surface area contributed by atoms with Gasteiger partial charge in [0.2, 0.25) is 0 Å². The third kappa shape index (κ3) is 8.50. The van der Waals surface area contributed by atoms with Crippen LogP contribution in [0.15, 0.2) is 4.99 Å². The first-order chi connectivity index (χ1) is 11.9. The molecule has 6 nitrogen and oxygen atoms in total. The normalized spacial score (nSPS) is 17.1. The van der Waals surface area contributed by atoms with E-state index in [1.165, 1.54) is 0 Å². The van der Waals surface area contributed by atoms with Crippen LogP contribution in [0.2, 0.25) is 56.4 Å². The molecule has 0 aromatic rings. The minimum atomic E-state index is -2.35. The van der Waals surface area contributed by atoms with Crippen LogP contribution in [0, 0.1) is 0 Å². The summed E-state index contributed by atoms with van der Waals surface area (Å²) in [4.78, 5) is 4.55. The van der Waals surface area contributed by atoms with Gasteiger partial charge in [-0.05, 0) is 57.8 Å². The predicted octanol–water partition coefficient (Wildman–Crippen LogP) is 4.51. The van der Waals surface area contributed by atoms with Crippen LogP contribution in [0.1, 0.15) is 41.0 Å². The summed E-state index contributed by atoms with van der Waals surface area (Å²) >= 11 is 0. The Morgan fingerprint density at radius 1 is 0.926 bits per heavy atom. The van der Waals surface area contributed by atoms with Crippen LogP contribution in [0.3, 0.4) is 0 Å². The molecule has 0 spiro atoms. The van der Waals surface area contributed by atoms with E-state index in [0.717, 1.165) is 6.42 Å². The molecule has 1 radical (unpaired) electrons. The average Bonchev–Trinajstić information content (AvgIpc) is 2.39. The molecule has 0 bridgehead atoms. The summed E-state index contributed by atoms with van der Waals surface area (Å²) in [6.07, 6.45) is 0.857. The van der Waals surface area contributed by atoms with Crippen LogP contribution in [0.25, 0.3) is 0 Å². The van der Waals surface area contributed by atoms with E-state index in [4.69, 9.17) is 23.8 Å². The van der Waals surface area contributed by atoms with E-state index in [9.17, 15) is 0 Å². The number of guanidine groups is 1. The van der Waals surface area contributed by atoms with Gasteiger partial charge in [-0.3, -0.25) is 0 Å². The highest BCUT2D eigenvalue weighted by molar-refractivity contribution is 6.86. The summed E-state index contributed by atoms with van der Waals surface area (Å²) in [5, 5.41) is -0.179. The predicted molar refractivity (Wildman–Crippen MR) is 126 cm³/mol. The Kier molecular flexibility index (Phi) is 9.68. The summed E-state index contributed by atoms with van der Waals surface area (Å²) in [5.41, 5.74) is 11.8. The van der Waals surface area contributed by atoms with Crippen LogP contribution in [0.5, 0.6) is 0 Å². The molecule has 0 aliphatic rings. The Balaban J connectivity index is 6.02. The van der Waals surface area contributed by atoms with Crippen molar-refractivity contribution >= 4 is 40.4 Å². The number of aliphatic imine (C=N–C) groups is 1. The lowest BCUT2D eigenvalue weighted by atomic mass is 10.0. The second-order valence-electron chi connectivity index (χ2n) is 10.2. The molecule has 161 valence electrons. The van der Waals surface area contributed by atoms with E-state index >= 15 is 0 Å². The monoisotopic (exact) mass is 450 g/mol. The fraction of sp³-hybridized carbons (Fsp3) is 0.941. The number of hydrogen-bond donors (Lipinski definition) is 2. The lowest BCUT2D eigenvalue weighted by molar-refractivity contribution is 0.275. The lowest BCUT2D eigenvalue weighted by Crippen LogP contribution is -2.59. The Hall–Kier alpha value is 0.0175. The van der Waals surface area contributed by atoms with E-state index in [1.54, 1.807) is 0 Å². The van der Waals surface area contributed by atoms with Crippen molar-refractivity contribution in [3.05, 3.63) is 0 Å². The zero-order valence-electron chi connectivity index (χ0n) is 19.7. The molecule has 4 N–H and O–H groups in total. The van der Waals surface area contributed by atoms with Gasteiger partial charge < -0.3 is 23.8 Å². The zero-order chi connectivity index (χ0) is 21.8. The van der Waals surface area contributed by atoms with Crippen molar-refractivity contribution < 1.29 is 12.3 Å². The van der Waals surface area contributed by atoms with Crippen molar-refractivity contribution in [1.82, 2.24) is 0 Å². The average molecular weight is 451 g/mol. The first-order valence-corrected chi connectivity index (χ1v) is 20.4. The Morgan fingerprint density at radius 3 is 1.59 bits per heavy atom. The van der Waals surface area contributed by atoms with Crippen molar-refractivity contribution in [2.75, 3.05) is 0 Å². The zero-order valence-corrected chi connectivity index (χ0v) is 23.7. The molecule has 0 aromatic carbocycles. The molecule has 0 fully saturated rings. The van der Waals surface area contributed by atoms with Crippen LogP contribution < -0.4 is 11.5 Å². The quantitative estimate of drug-likeness (QED) is 0.274. The van der Waals surface area contributed by atoms with Crippen molar-refractivity contribution in [3.63, 3.8) is 0 Å². The molecule has 10 heteroatoms. The summed E-state index contributed by atoms with van der Waals surface area (Å²) in [5.74, 6) is 0.136. The maximum absolute atomic E-state index is 6.90. The summed E-state index contributed by atoms with van der Waals surface area (Å²) < 4.78 is 19.8. The Bertz CT molecular complexity index is 485. The molecule has 2 atom stereocenters. The molecule has 0 saturated heterocycles. The highest BCUT2D eigenvalue weighted by Crippen LogP contribution is 2.49. The van der Waals surface area contributed by atoms with Gasteiger partial charge in [-0.2, -0.15) is 0 Å². The minimum absolute atomic E-state index is 0.00331. The van der Waals surface area contributed by atoms with Gasteiger partial charge in [-0.1, -0.05) is 34.6 Å². The van der Waals surface area contributed by atoms with Gasteiger partial charge in [0.25, 0.3) is 0 Å². The first kappa shape index (κ1) is 27.0. The lowest BCUT2D eigenvalue weighted by Gasteiger charge is -2.49. The molecule has 0 aromatic heterocycles. The van der Waals surface area contributed by atoms with Gasteiger partial charge >= 0.3 is 9.53 Å². The standard InChI is InChI=1S/C17H44N3O3Si4/c1-13-15(20-16(18)19)17(4,5)27(12,14(2)3)23-24(21-25(6,7)8)22-26(9,10)11/h14-15H,13H2,1-12H3,(H4,18,19,20). The summed E-state index contributed by atoms with van der Waals surface area (Å²) in [6.45, 7) is 26.5. The van der Waals surface area contributed by atoms with E-state index in [2.05, 4.69) is 85.4 Å². The van der Waals surface area contributed by atoms with E-state index < -0.39 is 34.5 Å². The second-order valence-corrected chi connectivity index (χ2v) is 26.3. The number of nitrogens with two attached hydrogens (primary N) is 2. The Labute approximate surface area is 172 Å². The largest absolute Gasteiger partial charge is 0.544 e. The fourth-order valence-electron chi connectivity index (χ4n) is 3.00.